The van der Waals surface area contributed by atoms with E-state index in [1.807, 2.05) is 30.3 Å². The second-order valence-corrected chi connectivity index (χ2v) is 5.94. The van der Waals surface area contributed by atoms with Crippen molar-refractivity contribution in [3.05, 3.63) is 59.0 Å². The van der Waals surface area contributed by atoms with E-state index >= 15 is 0 Å². The molecule has 0 bridgehead atoms. The van der Waals surface area contributed by atoms with Gasteiger partial charge in [0.05, 0.1) is 32.1 Å². The number of hydrogen-bond donors (Lipinski definition) is 1. The molecule has 1 aromatic carbocycles. The molecule has 3 rings (SSSR count). The van der Waals surface area contributed by atoms with E-state index in [1.165, 1.54) is 0 Å². The Kier molecular flexibility index (Phi) is 5.33. The van der Waals surface area contributed by atoms with Crippen LogP contribution in [0.5, 0.6) is 0 Å². The van der Waals surface area contributed by atoms with Crippen LogP contribution in [0.15, 0.2) is 47.1 Å². The zero-order valence-corrected chi connectivity index (χ0v) is 13.5. The minimum Gasteiger partial charge on any atom is -0.467 e. The monoisotopic (exact) mass is 334 g/mol. The van der Waals surface area contributed by atoms with Crippen LogP contribution >= 0.6 is 11.6 Å². The first kappa shape index (κ1) is 16.1. The first-order chi connectivity index (χ1) is 11.2. The van der Waals surface area contributed by atoms with Crippen LogP contribution in [0.1, 0.15) is 17.4 Å². The lowest BCUT2D eigenvalue weighted by molar-refractivity contribution is -0.124. The van der Waals surface area contributed by atoms with Gasteiger partial charge in [-0.25, -0.2) is 0 Å². The lowest BCUT2D eigenvalue weighted by Gasteiger charge is -2.32. The Morgan fingerprint density at radius 2 is 2.13 bits per heavy atom. The summed E-state index contributed by atoms with van der Waals surface area (Å²) >= 11 is 5.91. The van der Waals surface area contributed by atoms with Gasteiger partial charge in [-0.3, -0.25) is 9.69 Å². The highest BCUT2D eigenvalue weighted by Crippen LogP contribution is 2.23. The van der Waals surface area contributed by atoms with Gasteiger partial charge in [0.2, 0.25) is 5.91 Å². The number of furan rings is 1. The molecule has 0 aliphatic carbocycles. The maximum Gasteiger partial charge on any atom is 0.234 e. The number of morpholine rings is 1. The fraction of sp³-hybridized carbons (Fsp3) is 0.353. The van der Waals surface area contributed by atoms with E-state index in [-0.39, 0.29) is 12.0 Å². The minimum absolute atomic E-state index is 0.0156. The average Bonchev–Trinajstić information content (AvgIpc) is 3.07. The van der Waals surface area contributed by atoms with Crippen molar-refractivity contribution >= 4 is 17.5 Å². The number of nitrogens with zero attached hydrogens (tertiary/aromatic N) is 1. The molecule has 1 fully saturated rings. The lowest BCUT2D eigenvalue weighted by Crippen LogP contribution is -2.44. The molecule has 23 heavy (non-hydrogen) atoms. The molecule has 0 radical (unpaired) electrons. The Balaban J connectivity index is 1.50. The van der Waals surface area contributed by atoms with Crippen molar-refractivity contribution in [1.82, 2.24) is 10.2 Å². The molecule has 2 heterocycles. The fourth-order valence-corrected chi connectivity index (χ4v) is 2.71. The zero-order valence-electron chi connectivity index (χ0n) is 12.7. The van der Waals surface area contributed by atoms with Crippen molar-refractivity contribution < 1.29 is 13.9 Å². The van der Waals surface area contributed by atoms with Crippen LogP contribution in [0.4, 0.5) is 0 Å². The molecule has 1 atom stereocenters. The van der Waals surface area contributed by atoms with E-state index in [4.69, 9.17) is 20.8 Å². The van der Waals surface area contributed by atoms with Crippen LogP contribution in [0, 0.1) is 0 Å². The molecule has 1 amide bonds. The third-order valence-electron chi connectivity index (χ3n) is 3.80. The summed E-state index contributed by atoms with van der Waals surface area (Å²) in [6.45, 7) is 2.82. The normalized spacial score (nSPS) is 18.7. The Morgan fingerprint density at radius 3 is 2.87 bits per heavy atom. The van der Waals surface area contributed by atoms with Crippen LogP contribution in [0.2, 0.25) is 5.02 Å². The molecule has 0 spiro atoms. The number of ether oxygens (including phenoxy) is 1. The van der Waals surface area contributed by atoms with Gasteiger partial charge in [0.25, 0.3) is 0 Å². The van der Waals surface area contributed by atoms with E-state index in [2.05, 4.69) is 10.2 Å². The van der Waals surface area contributed by atoms with E-state index in [0.717, 1.165) is 17.9 Å². The fourth-order valence-electron chi connectivity index (χ4n) is 2.58. The molecule has 1 aromatic heterocycles. The van der Waals surface area contributed by atoms with Crippen molar-refractivity contribution in [2.24, 2.45) is 0 Å². The minimum atomic E-state index is -0.0288. The van der Waals surface area contributed by atoms with Gasteiger partial charge < -0.3 is 14.5 Å². The molecular formula is C17H19ClN2O3. The van der Waals surface area contributed by atoms with Gasteiger partial charge in [0.1, 0.15) is 5.76 Å². The highest BCUT2D eigenvalue weighted by Gasteiger charge is 2.23. The number of rotatable bonds is 5. The van der Waals surface area contributed by atoms with Gasteiger partial charge in [-0.2, -0.15) is 0 Å². The van der Waals surface area contributed by atoms with E-state index < -0.39 is 0 Å². The molecule has 1 saturated heterocycles. The third-order valence-corrected chi connectivity index (χ3v) is 4.05. The van der Waals surface area contributed by atoms with Crippen molar-refractivity contribution in [1.29, 1.82) is 0 Å². The molecule has 5 nitrogen and oxygen atoms in total. The molecule has 6 heteroatoms. The molecule has 2 aromatic rings. The van der Waals surface area contributed by atoms with Gasteiger partial charge >= 0.3 is 0 Å². The van der Waals surface area contributed by atoms with Crippen LogP contribution < -0.4 is 5.32 Å². The highest BCUT2D eigenvalue weighted by molar-refractivity contribution is 6.30. The Morgan fingerprint density at radius 1 is 1.30 bits per heavy atom. The first-order valence-corrected chi connectivity index (χ1v) is 7.97. The first-order valence-electron chi connectivity index (χ1n) is 7.59. The Labute approximate surface area is 140 Å². The lowest BCUT2D eigenvalue weighted by atomic mass is 10.1. The number of carbonyl (C=O) groups is 1. The summed E-state index contributed by atoms with van der Waals surface area (Å²) in [6.07, 6.45) is 1.57. The van der Waals surface area contributed by atoms with Gasteiger partial charge in [-0.05, 0) is 29.8 Å². The molecule has 122 valence electrons. The van der Waals surface area contributed by atoms with Gasteiger partial charge in [-0.1, -0.05) is 23.7 Å². The maximum atomic E-state index is 12.0. The van der Waals surface area contributed by atoms with Crippen LogP contribution in [0.25, 0.3) is 0 Å². The van der Waals surface area contributed by atoms with Crippen molar-refractivity contribution in [2.45, 2.75) is 12.6 Å². The van der Waals surface area contributed by atoms with Crippen molar-refractivity contribution in [3.63, 3.8) is 0 Å². The number of carbonyl (C=O) groups excluding carboxylic acids is 1. The third kappa shape index (κ3) is 4.58. The number of amides is 1. The second kappa shape index (κ2) is 7.64. The van der Waals surface area contributed by atoms with Crippen LogP contribution in [-0.4, -0.2) is 37.0 Å². The number of nitrogens with one attached hydrogen (secondary N) is 1. The molecule has 1 N–H and O–H groups in total. The highest BCUT2D eigenvalue weighted by atomic mass is 35.5. The smallest absolute Gasteiger partial charge is 0.234 e. The summed E-state index contributed by atoms with van der Waals surface area (Å²) in [6, 6.07) is 11.3. The topological polar surface area (TPSA) is 54.7 Å². The van der Waals surface area contributed by atoms with Crippen LogP contribution in [-0.2, 0) is 16.1 Å². The molecule has 1 aliphatic rings. The van der Waals surface area contributed by atoms with Crippen molar-refractivity contribution in [3.8, 4) is 0 Å². The molecule has 1 unspecified atom stereocenters. The summed E-state index contributed by atoms with van der Waals surface area (Å²) in [4.78, 5) is 14.1. The summed E-state index contributed by atoms with van der Waals surface area (Å²) in [5.41, 5.74) is 1.08. The molecule has 0 saturated carbocycles. The second-order valence-electron chi connectivity index (χ2n) is 5.50. The number of hydrogen-bond acceptors (Lipinski definition) is 4. The van der Waals surface area contributed by atoms with E-state index in [9.17, 15) is 4.79 Å². The average molecular weight is 335 g/mol. The maximum absolute atomic E-state index is 12.0. The Hall–Kier alpha value is -1.82. The zero-order chi connectivity index (χ0) is 16.1. The summed E-state index contributed by atoms with van der Waals surface area (Å²) in [5, 5.41) is 3.57. The van der Waals surface area contributed by atoms with E-state index in [1.54, 1.807) is 12.3 Å². The SMILES string of the molecule is O=C(CN1CCOC(c2ccc(Cl)cc2)C1)NCc1ccco1. The van der Waals surface area contributed by atoms with Crippen LogP contribution in [0.3, 0.4) is 0 Å². The molecule has 1 aliphatic heterocycles. The van der Waals surface area contributed by atoms with E-state index in [0.29, 0.717) is 31.3 Å². The molecular weight excluding hydrogens is 316 g/mol. The van der Waals surface area contributed by atoms with Crippen molar-refractivity contribution in [2.75, 3.05) is 26.2 Å². The largest absolute Gasteiger partial charge is 0.467 e. The summed E-state index contributed by atoms with van der Waals surface area (Å²) < 4.78 is 11.0. The van der Waals surface area contributed by atoms with Gasteiger partial charge in [0, 0.05) is 18.1 Å². The number of benzene rings is 1. The van der Waals surface area contributed by atoms with Gasteiger partial charge in [-0.15, -0.1) is 0 Å². The summed E-state index contributed by atoms with van der Waals surface area (Å²) in [7, 11) is 0. The number of halogens is 1. The quantitative estimate of drug-likeness (QED) is 0.913. The predicted octanol–water partition coefficient (Wildman–Crippen LogP) is 2.62. The van der Waals surface area contributed by atoms with Gasteiger partial charge in [0.15, 0.2) is 0 Å². The predicted molar refractivity (Wildman–Crippen MR) is 87.1 cm³/mol. The summed E-state index contributed by atoms with van der Waals surface area (Å²) in [5.74, 6) is 0.734. The Bertz CT molecular complexity index is 628. The standard InChI is InChI=1S/C17H19ClN2O3/c18-14-5-3-13(4-6-14)16-11-20(7-9-23-16)12-17(21)19-10-15-2-1-8-22-15/h1-6,8,16H,7,9-12H2,(H,19,21).